The number of hydrogen-bond donors (Lipinski definition) is 2. The quantitative estimate of drug-likeness (QED) is 0.685. The van der Waals surface area contributed by atoms with E-state index in [-0.39, 0.29) is 0 Å². The molecule has 2 aromatic carbocycles. The third kappa shape index (κ3) is 6.19. The zero-order chi connectivity index (χ0) is 17.4. The molecule has 0 aliphatic carbocycles. The van der Waals surface area contributed by atoms with Crippen LogP contribution >= 0.6 is 35.4 Å². The highest BCUT2D eigenvalue weighted by Gasteiger charge is 2.01. The van der Waals surface area contributed by atoms with E-state index in [1.165, 1.54) is 5.56 Å². The summed E-state index contributed by atoms with van der Waals surface area (Å²) in [5, 5.41) is 8.07. The van der Waals surface area contributed by atoms with Crippen LogP contribution in [0, 0.1) is 0 Å². The first kappa shape index (κ1) is 18.8. The highest BCUT2D eigenvalue weighted by molar-refractivity contribution is 7.80. The molecule has 24 heavy (non-hydrogen) atoms. The Hall–Kier alpha value is -1.49. The van der Waals surface area contributed by atoms with E-state index in [1.807, 2.05) is 31.2 Å². The second-order valence-corrected chi connectivity index (χ2v) is 6.41. The van der Waals surface area contributed by atoms with Gasteiger partial charge in [-0.3, -0.25) is 0 Å². The summed E-state index contributed by atoms with van der Waals surface area (Å²) in [6.07, 6.45) is 0.890. The molecule has 128 valence electrons. The molecule has 0 saturated carbocycles. The van der Waals surface area contributed by atoms with Gasteiger partial charge in [0, 0.05) is 13.1 Å². The topological polar surface area (TPSA) is 33.3 Å². The molecule has 2 aromatic rings. The van der Waals surface area contributed by atoms with Gasteiger partial charge in [0.25, 0.3) is 0 Å². The van der Waals surface area contributed by atoms with Gasteiger partial charge in [0.15, 0.2) is 5.11 Å². The third-order valence-corrected chi connectivity index (χ3v) is 4.40. The average molecular weight is 383 g/mol. The first-order valence-corrected chi connectivity index (χ1v) is 8.92. The molecule has 2 rings (SSSR count). The van der Waals surface area contributed by atoms with Crippen molar-refractivity contribution in [2.24, 2.45) is 0 Å². The lowest BCUT2D eigenvalue weighted by atomic mass is 10.1. The van der Waals surface area contributed by atoms with Gasteiger partial charge in [-0.25, -0.2) is 0 Å². The first-order valence-electron chi connectivity index (χ1n) is 7.76. The smallest absolute Gasteiger partial charge is 0.166 e. The summed E-state index contributed by atoms with van der Waals surface area (Å²) in [5.41, 5.74) is 2.26. The average Bonchev–Trinajstić information content (AvgIpc) is 2.58. The number of halogens is 2. The van der Waals surface area contributed by atoms with E-state index in [0.717, 1.165) is 24.3 Å². The van der Waals surface area contributed by atoms with Crippen molar-refractivity contribution in [1.82, 2.24) is 10.6 Å². The zero-order valence-electron chi connectivity index (χ0n) is 13.4. The lowest BCUT2D eigenvalue weighted by molar-refractivity contribution is 0.340. The molecule has 0 spiro atoms. The van der Waals surface area contributed by atoms with E-state index in [1.54, 1.807) is 6.07 Å². The number of nitrogens with one attached hydrogen (secondary N) is 2. The minimum atomic E-state index is 0.547. The van der Waals surface area contributed by atoms with Gasteiger partial charge in [-0.05, 0) is 61.0 Å². The van der Waals surface area contributed by atoms with Gasteiger partial charge in [-0.1, -0.05) is 41.4 Å². The Balaban J connectivity index is 1.70. The molecule has 0 radical (unpaired) electrons. The van der Waals surface area contributed by atoms with Crippen molar-refractivity contribution < 1.29 is 4.74 Å². The SMILES string of the molecule is CCOc1ccc(CCNC(=S)NCc2ccc(Cl)c(Cl)c2)cc1. The molecule has 0 atom stereocenters. The van der Waals surface area contributed by atoms with Crippen molar-refractivity contribution in [3.05, 3.63) is 63.6 Å². The monoisotopic (exact) mass is 382 g/mol. The molecule has 6 heteroatoms. The van der Waals surface area contributed by atoms with Gasteiger partial charge in [0.05, 0.1) is 16.7 Å². The van der Waals surface area contributed by atoms with Gasteiger partial charge in [-0.15, -0.1) is 0 Å². The first-order chi connectivity index (χ1) is 11.6. The van der Waals surface area contributed by atoms with Crippen molar-refractivity contribution in [3.63, 3.8) is 0 Å². The largest absolute Gasteiger partial charge is 0.494 e. The lowest BCUT2D eigenvalue weighted by Crippen LogP contribution is -2.35. The third-order valence-electron chi connectivity index (χ3n) is 3.37. The van der Waals surface area contributed by atoms with E-state index >= 15 is 0 Å². The predicted octanol–water partition coefficient (Wildman–Crippen LogP) is 4.60. The fraction of sp³-hybridized carbons (Fsp3) is 0.278. The fourth-order valence-electron chi connectivity index (χ4n) is 2.13. The molecule has 0 heterocycles. The maximum Gasteiger partial charge on any atom is 0.166 e. The summed E-state index contributed by atoms with van der Waals surface area (Å²) in [7, 11) is 0. The lowest BCUT2D eigenvalue weighted by Gasteiger charge is -2.11. The highest BCUT2D eigenvalue weighted by atomic mass is 35.5. The summed E-state index contributed by atoms with van der Waals surface area (Å²) < 4.78 is 5.43. The maximum absolute atomic E-state index is 5.99. The van der Waals surface area contributed by atoms with E-state index in [9.17, 15) is 0 Å². The van der Waals surface area contributed by atoms with Crippen molar-refractivity contribution in [3.8, 4) is 5.75 Å². The van der Waals surface area contributed by atoms with Crippen LogP contribution in [-0.2, 0) is 13.0 Å². The Morgan fingerprint density at radius 3 is 2.38 bits per heavy atom. The van der Waals surface area contributed by atoms with Crippen LogP contribution in [0.3, 0.4) is 0 Å². The Kier molecular flexibility index (Phi) is 7.63. The van der Waals surface area contributed by atoms with Crippen LogP contribution in [0.4, 0.5) is 0 Å². The molecule has 2 N–H and O–H groups in total. The van der Waals surface area contributed by atoms with Gasteiger partial charge in [0.2, 0.25) is 0 Å². The fourth-order valence-corrected chi connectivity index (χ4v) is 2.63. The van der Waals surface area contributed by atoms with Gasteiger partial charge in [-0.2, -0.15) is 0 Å². The minimum absolute atomic E-state index is 0.547. The summed E-state index contributed by atoms with van der Waals surface area (Å²) in [4.78, 5) is 0. The second kappa shape index (κ2) is 9.72. The molecule has 0 saturated heterocycles. The summed E-state index contributed by atoms with van der Waals surface area (Å²) >= 11 is 17.2. The molecule has 0 aliphatic heterocycles. The summed E-state index contributed by atoms with van der Waals surface area (Å²) in [6.45, 7) is 4.02. The van der Waals surface area contributed by atoms with Gasteiger partial charge < -0.3 is 15.4 Å². The molecular formula is C18H20Cl2N2OS. The molecule has 0 fully saturated rings. The van der Waals surface area contributed by atoms with E-state index in [2.05, 4.69) is 22.8 Å². The zero-order valence-corrected chi connectivity index (χ0v) is 15.8. The second-order valence-electron chi connectivity index (χ2n) is 5.18. The normalized spacial score (nSPS) is 10.3. The number of thiocarbonyl (C=S) groups is 1. The van der Waals surface area contributed by atoms with Crippen molar-refractivity contribution in [2.75, 3.05) is 13.2 Å². The minimum Gasteiger partial charge on any atom is -0.494 e. The Bertz CT molecular complexity index is 677. The van der Waals surface area contributed by atoms with Gasteiger partial charge in [0.1, 0.15) is 5.75 Å². The number of ether oxygens (including phenoxy) is 1. The van der Waals surface area contributed by atoms with E-state index in [4.69, 9.17) is 40.2 Å². The highest BCUT2D eigenvalue weighted by Crippen LogP contribution is 2.22. The van der Waals surface area contributed by atoms with Crippen LogP contribution in [0.2, 0.25) is 10.0 Å². The summed E-state index contributed by atoms with van der Waals surface area (Å²) in [6, 6.07) is 13.6. The standard InChI is InChI=1S/C18H20Cl2N2OS/c1-2-23-15-6-3-13(4-7-15)9-10-21-18(24)22-12-14-5-8-16(19)17(20)11-14/h3-8,11H,2,9-10,12H2,1H3,(H2,21,22,24). The Morgan fingerprint density at radius 2 is 1.71 bits per heavy atom. The maximum atomic E-state index is 5.99. The van der Waals surface area contributed by atoms with Crippen LogP contribution in [-0.4, -0.2) is 18.3 Å². The number of hydrogen-bond acceptors (Lipinski definition) is 2. The van der Waals surface area contributed by atoms with Crippen molar-refractivity contribution in [1.29, 1.82) is 0 Å². The van der Waals surface area contributed by atoms with Crippen LogP contribution in [0.15, 0.2) is 42.5 Å². The van der Waals surface area contributed by atoms with Gasteiger partial charge >= 0.3 is 0 Å². The Morgan fingerprint density at radius 1 is 1.00 bits per heavy atom. The molecule has 0 aliphatic rings. The summed E-state index contributed by atoms with van der Waals surface area (Å²) in [5.74, 6) is 0.896. The molecule has 3 nitrogen and oxygen atoms in total. The molecule has 0 unspecified atom stereocenters. The molecule has 0 aromatic heterocycles. The van der Waals surface area contributed by atoms with Crippen molar-refractivity contribution >= 4 is 40.5 Å². The van der Waals surface area contributed by atoms with E-state index in [0.29, 0.717) is 28.3 Å². The molecular weight excluding hydrogens is 363 g/mol. The van der Waals surface area contributed by atoms with Crippen LogP contribution in [0.1, 0.15) is 18.1 Å². The van der Waals surface area contributed by atoms with Crippen LogP contribution in [0.5, 0.6) is 5.75 Å². The van der Waals surface area contributed by atoms with Crippen molar-refractivity contribution in [2.45, 2.75) is 19.9 Å². The number of benzene rings is 2. The van der Waals surface area contributed by atoms with E-state index < -0.39 is 0 Å². The van der Waals surface area contributed by atoms with Crippen LogP contribution < -0.4 is 15.4 Å². The molecule has 0 amide bonds. The Labute approximate surface area is 158 Å². The molecule has 0 bridgehead atoms. The number of rotatable bonds is 7. The predicted molar refractivity (Wildman–Crippen MR) is 105 cm³/mol. The van der Waals surface area contributed by atoms with Crippen LogP contribution in [0.25, 0.3) is 0 Å².